The molecule has 12 rings (SSSR count). The van der Waals surface area contributed by atoms with E-state index in [1.165, 1.54) is 17.1 Å². The molecule has 6 aliphatic carbocycles. The molecule has 6 aliphatic rings. The summed E-state index contributed by atoms with van der Waals surface area (Å²) in [4.78, 5) is 49.3. The first kappa shape index (κ1) is 32.5. The summed E-state index contributed by atoms with van der Waals surface area (Å²) in [5.41, 5.74) is 13.1. The Morgan fingerprint density at radius 1 is 0.840 bits per heavy atom. The van der Waals surface area contributed by atoms with Crippen molar-refractivity contribution < 1.29 is 9.59 Å². The van der Waals surface area contributed by atoms with Crippen molar-refractivity contribution in [2.45, 2.75) is 102 Å². The van der Waals surface area contributed by atoms with Gasteiger partial charge in [0.25, 0.3) is 0 Å². The van der Waals surface area contributed by atoms with Gasteiger partial charge in [-0.15, -0.1) is 0 Å². The number of hydrogen-bond acceptors (Lipinski definition) is 8. The van der Waals surface area contributed by atoms with Crippen LogP contribution in [0.5, 0.6) is 0 Å². The number of nitrogens with one attached hydrogen (secondary N) is 2. The molecule has 0 atom stereocenters. The second-order valence-electron chi connectivity index (χ2n) is 16.5. The molecule has 50 heavy (non-hydrogen) atoms. The summed E-state index contributed by atoms with van der Waals surface area (Å²) in [6, 6.07) is 4.16. The summed E-state index contributed by atoms with van der Waals surface area (Å²) < 4.78 is 4.69. The van der Waals surface area contributed by atoms with Gasteiger partial charge >= 0.3 is 0 Å². The third kappa shape index (κ3) is 5.27. The maximum absolute atomic E-state index is 12.3. The monoisotopic (exact) mass is 674 g/mol. The average molecular weight is 675 g/mol. The summed E-state index contributed by atoms with van der Waals surface area (Å²) in [6.07, 6.45) is 22.1. The second-order valence-corrected chi connectivity index (χ2v) is 16.5. The summed E-state index contributed by atoms with van der Waals surface area (Å²) >= 11 is 0. The number of pyridine rings is 2. The number of aromatic nitrogens is 8. The number of carbonyl (C=O) groups excluding carboxylic acids is 2. The van der Waals surface area contributed by atoms with Crippen LogP contribution in [0.4, 0.5) is 0 Å². The number of H-pyrrole nitrogens is 2. The van der Waals surface area contributed by atoms with E-state index in [-0.39, 0.29) is 22.0 Å². The fraction of sp³-hybridized carbons (Fsp3) is 0.526. The van der Waals surface area contributed by atoms with Gasteiger partial charge in [0.1, 0.15) is 28.1 Å². The van der Waals surface area contributed by atoms with Crippen LogP contribution >= 0.6 is 0 Å². The minimum Gasteiger partial charge on any atom is -0.346 e. The zero-order valence-corrected chi connectivity index (χ0v) is 29.4. The van der Waals surface area contributed by atoms with Gasteiger partial charge in [-0.2, -0.15) is 0 Å². The number of nitrogens with two attached hydrogens (primary N) is 1. The molecule has 4 bridgehead atoms. The van der Waals surface area contributed by atoms with Gasteiger partial charge in [-0.25, -0.2) is 29.7 Å². The molecule has 6 aromatic rings. The van der Waals surface area contributed by atoms with Crippen molar-refractivity contribution in [3.8, 4) is 0 Å². The van der Waals surface area contributed by atoms with E-state index >= 15 is 0 Å². The number of Topliss-reactive ketones (excluding diaryl/α,β-unsaturated/α-hetero) is 1. The number of carbonyl (C=O) groups is 1. The molecule has 0 spiro atoms. The lowest BCUT2D eigenvalue weighted by atomic mass is 9.38. The van der Waals surface area contributed by atoms with Crippen LogP contribution in [0.2, 0.25) is 0 Å². The van der Waals surface area contributed by atoms with Crippen LogP contribution in [0, 0.1) is 17.3 Å². The van der Waals surface area contributed by atoms with Crippen LogP contribution in [0.25, 0.3) is 44.1 Å². The lowest BCUT2D eigenvalue weighted by Gasteiger charge is -2.71. The zero-order chi connectivity index (χ0) is 34.9. The SMILES string of the molecule is CC(C)CCC(=O)CC12CC(n3cnc4cnc5[nH]ccc5c43)(C1)C2.CC(C)CN=C=O.NC12CC(n3cnc4cnc5[nH]ccc5c43)(C1)C2. The van der Waals surface area contributed by atoms with Gasteiger partial charge in [-0.1, -0.05) is 27.7 Å². The summed E-state index contributed by atoms with van der Waals surface area (Å²) in [5, 5.41) is 2.29. The highest BCUT2D eigenvalue weighted by atomic mass is 16.1. The highest BCUT2D eigenvalue weighted by Gasteiger charge is 2.69. The molecule has 6 saturated carbocycles. The number of nitrogens with zero attached hydrogens (tertiary/aromatic N) is 7. The quantitative estimate of drug-likeness (QED) is 0.114. The average Bonchev–Trinajstić information content (AvgIpc) is 3.83. The van der Waals surface area contributed by atoms with Crippen molar-refractivity contribution >= 4 is 56.0 Å². The Morgan fingerprint density at radius 3 is 1.80 bits per heavy atom. The van der Waals surface area contributed by atoms with Crippen LogP contribution in [-0.4, -0.2) is 63.0 Å². The summed E-state index contributed by atoms with van der Waals surface area (Å²) in [6.45, 7) is 8.97. The minimum absolute atomic E-state index is 0.112. The number of ketones is 1. The van der Waals surface area contributed by atoms with Crippen LogP contribution in [0.3, 0.4) is 0 Å². The third-order valence-corrected chi connectivity index (χ3v) is 11.5. The highest BCUT2D eigenvalue weighted by Crippen LogP contribution is 2.73. The fourth-order valence-corrected chi connectivity index (χ4v) is 9.36. The van der Waals surface area contributed by atoms with Crippen LogP contribution in [0.15, 0.2) is 54.6 Å². The first-order chi connectivity index (χ1) is 24.0. The number of isocyanates is 1. The number of rotatable bonds is 9. The minimum atomic E-state index is 0.112. The number of hydrogen-bond donors (Lipinski definition) is 3. The topological polar surface area (TPSA) is 166 Å². The van der Waals surface area contributed by atoms with E-state index in [1.807, 2.05) is 51.3 Å². The Hall–Kier alpha value is -4.67. The van der Waals surface area contributed by atoms with Crippen molar-refractivity contribution in [3.05, 3.63) is 49.6 Å². The largest absolute Gasteiger partial charge is 0.346 e. The molecule has 12 heteroatoms. The molecule has 6 aromatic heterocycles. The Bertz CT molecular complexity index is 2240. The van der Waals surface area contributed by atoms with E-state index in [4.69, 9.17) is 5.73 Å². The Labute approximate surface area is 290 Å². The highest BCUT2D eigenvalue weighted by molar-refractivity contribution is 6.02. The molecular formula is C38H46N10O2. The molecule has 6 fully saturated rings. The van der Waals surface area contributed by atoms with Gasteiger partial charge in [0.2, 0.25) is 6.08 Å². The fourth-order valence-electron chi connectivity index (χ4n) is 9.36. The van der Waals surface area contributed by atoms with E-state index in [2.05, 4.69) is 70.0 Å². The molecule has 12 nitrogen and oxygen atoms in total. The van der Waals surface area contributed by atoms with Crippen LogP contribution in [-0.2, 0) is 20.7 Å². The van der Waals surface area contributed by atoms with E-state index in [1.54, 1.807) is 0 Å². The molecule has 260 valence electrons. The number of imidazole rings is 2. The maximum atomic E-state index is 12.3. The molecule has 0 amide bonds. The Morgan fingerprint density at radius 2 is 1.36 bits per heavy atom. The van der Waals surface area contributed by atoms with E-state index in [0.29, 0.717) is 24.2 Å². The van der Waals surface area contributed by atoms with Gasteiger partial charge in [0, 0.05) is 47.1 Å². The third-order valence-electron chi connectivity index (χ3n) is 11.5. The lowest BCUT2D eigenvalue weighted by Crippen LogP contribution is -2.76. The molecule has 0 aromatic carbocycles. The van der Waals surface area contributed by atoms with E-state index in [0.717, 1.165) is 90.9 Å². The normalized spacial score (nSPS) is 27.1. The van der Waals surface area contributed by atoms with Gasteiger partial charge in [0.05, 0.1) is 48.2 Å². The predicted octanol–water partition coefficient (Wildman–Crippen LogP) is 6.67. The van der Waals surface area contributed by atoms with Gasteiger partial charge in [-0.05, 0) is 74.3 Å². The molecule has 6 heterocycles. The Balaban J connectivity index is 0.000000126. The smallest absolute Gasteiger partial charge is 0.234 e. The first-order valence-electron chi connectivity index (χ1n) is 17.9. The van der Waals surface area contributed by atoms with Crippen LogP contribution < -0.4 is 5.73 Å². The molecule has 4 N–H and O–H groups in total. The van der Waals surface area contributed by atoms with Gasteiger partial charge in [-0.3, -0.25) is 4.79 Å². The molecule has 0 radical (unpaired) electrons. The van der Waals surface area contributed by atoms with E-state index < -0.39 is 0 Å². The summed E-state index contributed by atoms with van der Waals surface area (Å²) in [7, 11) is 0. The predicted molar refractivity (Wildman–Crippen MR) is 193 cm³/mol. The van der Waals surface area contributed by atoms with Gasteiger partial charge in [0.15, 0.2) is 0 Å². The van der Waals surface area contributed by atoms with Gasteiger partial charge < -0.3 is 24.8 Å². The van der Waals surface area contributed by atoms with Crippen molar-refractivity contribution in [1.82, 2.24) is 39.0 Å². The molecule has 0 aliphatic heterocycles. The molecule has 0 unspecified atom stereocenters. The van der Waals surface area contributed by atoms with E-state index in [9.17, 15) is 9.59 Å². The van der Waals surface area contributed by atoms with Crippen molar-refractivity contribution in [2.24, 2.45) is 28.0 Å². The number of fused-ring (bicyclic) bond motifs is 6. The second kappa shape index (κ2) is 11.7. The van der Waals surface area contributed by atoms with Crippen LogP contribution in [0.1, 0.15) is 85.5 Å². The maximum Gasteiger partial charge on any atom is 0.234 e. The molecular weight excluding hydrogens is 628 g/mol. The van der Waals surface area contributed by atoms with Crippen molar-refractivity contribution in [1.29, 1.82) is 0 Å². The first-order valence-corrected chi connectivity index (χ1v) is 17.9. The number of aliphatic imine (C=N–C) groups is 1. The standard InChI is InChI=1S/C20H24N4O.C13H13N5.C5H9NO/c1-13(2)3-4-14(25)7-19-9-20(10-19,11-19)24-12-23-16-8-22-18-15(17(16)24)5-6-21-18;14-12-4-13(5-12,6-12)18-7-17-9-3-16-11-8(10(9)18)1-2-15-11;1-5(2)3-6-4-7/h5-6,8,12-13H,3-4,7,9-11H2,1-2H3,(H,21,22);1-3,7H,4-6,14H2,(H,15,16);5H,3H2,1-2H3. The summed E-state index contributed by atoms with van der Waals surface area (Å²) in [5.74, 6) is 1.54. The number of aromatic amines is 2. The molecule has 0 saturated heterocycles. The van der Waals surface area contributed by atoms with Crippen molar-refractivity contribution in [2.75, 3.05) is 6.54 Å². The van der Waals surface area contributed by atoms with Crippen molar-refractivity contribution in [3.63, 3.8) is 0 Å². The zero-order valence-electron chi connectivity index (χ0n) is 29.4. The lowest BCUT2D eigenvalue weighted by molar-refractivity contribution is -0.190. The Kier molecular flexibility index (Phi) is 7.61.